The van der Waals surface area contributed by atoms with Crippen LogP contribution in [0.25, 0.3) is 0 Å². The first-order chi connectivity index (χ1) is 21.0. The maximum atomic E-state index is 7.36. The summed E-state index contributed by atoms with van der Waals surface area (Å²) in [5.41, 5.74) is 2.56. The van der Waals surface area contributed by atoms with E-state index < -0.39 is 15.8 Å². The van der Waals surface area contributed by atoms with Crippen molar-refractivity contribution in [2.24, 2.45) is 5.92 Å². The lowest BCUT2D eigenvalue weighted by Gasteiger charge is -2.43. The molecule has 3 heteroatoms. The van der Waals surface area contributed by atoms with Gasteiger partial charge >= 0.3 is 0 Å². The van der Waals surface area contributed by atoms with Gasteiger partial charge in [-0.25, -0.2) is 0 Å². The average molecular weight is 595 g/mol. The van der Waals surface area contributed by atoms with Crippen LogP contribution in [0.1, 0.15) is 32.8 Å². The van der Waals surface area contributed by atoms with Crippen molar-refractivity contribution in [3.63, 3.8) is 0 Å². The van der Waals surface area contributed by atoms with E-state index in [1.54, 1.807) is 0 Å². The van der Waals surface area contributed by atoms with E-state index in [1.807, 2.05) is 0 Å². The van der Waals surface area contributed by atoms with Crippen molar-refractivity contribution in [1.29, 1.82) is 0 Å². The van der Waals surface area contributed by atoms with Crippen molar-refractivity contribution < 1.29 is 4.74 Å². The Morgan fingerprint density at radius 1 is 0.581 bits per heavy atom. The molecule has 1 aliphatic carbocycles. The highest BCUT2D eigenvalue weighted by Crippen LogP contribution is 2.57. The number of rotatable bonds is 6. The van der Waals surface area contributed by atoms with Crippen LogP contribution in [0.2, 0.25) is 0 Å². The summed E-state index contributed by atoms with van der Waals surface area (Å²) in [6, 6.07) is 50.8. The normalized spacial score (nSPS) is 17.2. The van der Waals surface area contributed by atoms with Gasteiger partial charge in [-0.1, -0.05) is 166 Å². The van der Waals surface area contributed by atoms with E-state index in [4.69, 9.17) is 4.74 Å². The molecule has 0 amide bonds. The zero-order chi connectivity index (χ0) is 29.4. The summed E-state index contributed by atoms with van der Waals surface area (Å²) in [5.74, 6) is 2.57. The lowest BCUT2D eigenvalue weighted by Crippen LogP contribution is -2.35. The van der Waals surface area contributed by atoms with Crippen LogP contribution in [0.4, 0.5) is 0 Å². The van der Waals surface area contributed by atoms with E-state index in [-0.39, 0.29) is 5.41 Å². The van der Waals surface area contributed by atoms with Gasteiger partial charge in [0.1, 0.15) is 11.5 Å². The SMILES string of the molecule is CC1C=C(P(c2ccccc2)c2ccccc2)C2=C(C1)C(C)(C)c1cccc(P(c3ccccc3)c3ccccc3)c1O2. The van der Waals surface area contributed by atoms with E-state index in [0.29, 0.717) is 5.92 Å². The number of benzene rings is 5. The van der Waals surface area contributed by atoms with Crippen molar-refractivity contribution in [1.82, 2.24) is 0 Å². The first-order valence-corrected chi connectivity index (χ1v) is 17.8. The second-order valence-corrected chi connectivity index (χ2v) is 16.3. The van der Waals surface area contributed by atoms with E-state index in [1.165, 1.54) is 43.0 Å². The first kappa shape index (κ1) is 28.0. The Morgan fingerprint density at radius 2 is 1.05 bits per heavy atom. The number of para-hydroxylation sites is 1. The molecule has 1 nitrogen and oxygen atoms in total. The van der Waals surface area contributed by atoms with Gasteiger partial charge in [0.25, 0.3) is 0 Å². The molecule has 0 saturated carbocycles. The Balaban J connectivity index is 1.43. The van der Waals surface area contributed by atoms with Crippen LogP contribution in [0.5, 0.6) is 5.75 Å². The van der Waals surface area contributed by atoms with Gasteiger partial charge in [-0.3, -0.25) is 0 Å². The van der Waals surface area contributed by atoms with Crippen LogP contribution in [-0.4, -0.2) is 0 Å². The molecule has 0 N–H and O–H groups in total. The molecule has 212 valence electrons. The van der Waals surface area contributed by atoms with Gasteiger partial charge in [-0.15, -0.1) is 0 Å². The van der Waals surface area contributed by atoms with Gasteiger partial charge in [0.2, 0.25) is 0 Å². The lowest BCUT2D eigenvalue weighted by atomic mass is 9.71. The first-order valence-electron chi connectivity index (χ1n) is 15.1. The maximum Gasteiger partial charge on any atom is 0.139 e. The van der Waals surface area contributed by atoms with Crippen LogP contribution in [0.15, 0.2) is 162 Å². The molecule has 0 bridgehead atoms. The topological polar surface area (TPSA) is 9.23 Å². The van der Waals surface area contributed by atoms with Gasteiger partial charge < -0.3 is 4.74 Å². The Hall–Kier alpha value is -3.76. The smallest absolute Gasteiger partial charge is 0.139 e. The second kappa shape index (κ2) is 11.7. The largest absolute Gasteiger partial charge is 0.456 e. The second-order valence-electron chi connectivity index (χ2n) is 11.9. The predicted octanol–water partition coefficient (Wildman–Crippen LogP) is 8.43. The predicted molar refractivity (Wildman–Crippen MR) is 187 cm³/mol. The molecule has 0 spiro atoms. The minimum Gasteiger partial charge on any atom is -0.456 e. The van der Waals surface area contributed by atoms with Crippen molar-refractivity contribution in [2.75, 3.05) is 0 Å². The fraction of sp³-hybridized carbons (Fsp3) is 0.150. The van der Waals surface area contributed by atoms with Gasteiger partial charge in [0, 0.05) is 21.6 Å². The van der Waals surface area contributed by atoms with Crippen LogP contribution in [0.3, 0.4) is 0 Å². The highest BCUT2D eigenvalue weighted by molar-refractivity contribution is 7.80. The molecular formula is C40H36OP2. The fourth-order valence-corrected chi connectivity index (χ4v) is 11.5. The van der Waals surface area contributed by atoms with Crippen molar-refractivity contribution in [3.05, 3.63) is 168 Å². The number of hydrogen-bond acceptors (Lipinski definition) is 1. The minimum absolute atomic E-state index is 0.157. The summed E-state index contributed by atoms with van der Waals surface area (Å²) in [6.07, 6.45) is 3.51. The zero-order valence-electron chi connectivity index (χ0n) is 24.9. The molecule has 1 unspecified atom stereocenters. The van der Waals surface area contributed by atoms with Gasteiger partial charge in [-0.05, 0) is 55.0 Å². The van der Waals surface area contributed by atoms with E-state index >= 15 is 0 Å². The third kappa shape index (κ3) is 5.20. The highest BCUT2D eigenvalue weighted by atomic mass is 31.1. The minimum atomic E-state index is -0.814. The van der Waals surface area contributed by atoms with Crippen molar-refractivity contribution >= 4 is 42.4 Å². The third-order valence-corrected chi connectivity index (χ3v) is 13.6. The summed E-state index contributed by atoms with van der Waals surface area (Å²) >= 11 is 0. The molecule has 1 atom stereocenters. The van der Waals surface area contributed by atoms with E-state index in [0.717, 1.165) is 17.9 Å². The molecule has 43 heavy (non-hydrogen) atoms. The lowest BCUT2D eigenvalue weighted by molar-refractivity contribution is 0.363. The Kier molecular flexibility index (Phi) is 7.65. The fourth-order valence-electron chi connectivity index (χ4n) is 6.53. The van der Waals surface area contributed by atoms with Crippen molar-refractivity contribution in [2.45, 2.75) is 32.6 Å². The molecular weight excluding hydrogens is 558 g/mol. The molecule has 0 fully saturated rings. The average Bonchev–Trinajstić information content (AvgIpc) is 3.04. The summed E-state index contributed by atoms with van der Waals surface area (Å²) < 4.78 is 7.36. The Labute approximate surface area is 258 Å². The molecule has 2 aliphatic rings. The van der Waals surface area contributed by atoms with Gasteiger partial charge in [-0.2, -0.15) is 0 Å². The third-order valence-electron chi connectivity index (χ3n) is 8.64. The summed E-state index contributed by atoms with van der Waals surface area (Å²) in [7, 11) is -1.61. The Bertz CT molecular complexity index is 1710. The zero-order valence-corrected chi connectivity index (χ0v) is 26.7. The molecule has 0 saturated heterocycles. The highest BCUT2D eigenvalue weighted by Gasteiger charge is 2.43. The molecule has 1 heterocycles. The summed E-state index contributed by atoms with van der Waals surface area (Å²) in [6.45, 7) is 7.17. The van der Waals surface area contributed by atoms with Crippen LogP contribution in [-0.2, 0) is 5.41 Å². The molecule has 5 aromatic carbocycles. The number of allylic oxidation sites excluding steroid dienone is 3. The van der Waals surface area contributed by atoms with Gasteiger partial charge in [0.05, 0.1) is 0 Å². The molecule has 0 radical (unpaired) electrons. The number of hydrogen-bond donors (Lipinski definition) is 0. The van der Waals surface area contributed by atoms with Gasteiger partial charge in [0.15, 0.2) is 0 Å². The maximum absolute atomic E-state index is 7.36. The van der Waals surface area contributed by atoms with E-state index in [2.05, 4.69) is 166 Å². The summed E-state index contributed by atoms with van der Waals surface area (Å²) in [5, 5.41) is 8.01. The van der Waals surface area contributed by atoms with Crippen LogP contribution < -0.4 is 31.3 Å². The standard InChI is InChI=1S/C40H36OP2/c1-29-27-35-39(37(28-29)43(32-21-12-6-13-22-32)33-23-14-7-15-24-33)41-38-34(40(35,2)3)25-16-26-36(38)42(30-17-8-4-9-18-30)31-19-10-5-11-20-31/h4-26,28-29H,27H2,1-3H3. The van der Waals surface area contributed by atoms with Crippen LogP contribution in [0, 0.1) is 5.92 Å². The monoisotopic (exact) mass is 594 g/mol. The Morgan fingerprint density at radius 3 is 1.53 bits per heavy atom. The van der Waals surface area contributed by atoms with Crippen molar-refractivity contribution in [3.8, 4) is 5.75 Å². The molecule has 1 aliphatic heterocycles. The molecule has 7 rings (SSSR count). The summed E-state index contributed by atoms with van der Waals surface area (Å²) in [4.78, 5) is 0. The quantitative estimate of drug-likeness (QED) is 0.179. The number of fused-ring (bicyclic) bond motifs is 1. The van der Waals surface area contributed by atoms with Crippen LogP contribution >= 0.6 is 15.8 Å². The number of ether oxygens (including phenoxy) is 1. The molecule has 0 aromatic heterocycles. The molecule has 5 aromatic rings. The van der Waals surface area contributed by atoms with E-state index in [9.17, 15) is 0 Å².